The standard InChI is InChI=1S/C38H28B2N2O2/c1-7-22-26-15-12-18-30-37(26)41-35(27(9-3)43-30)20(5)19(4)31-38-23(8-2)25-14-11-17-29-33(25)40-32-24(13-10-16-28(32)44-29)21(6)36(42(38)40)34(22)39(31)41/h7-18H,1-2H2,3-6H3/b27-9+. The Bertz CT molecular complexity index is 2230. The smallest absolute Gasteiger partial charge is 0.336 e. The molecule has 44 heavy (non-hydrogen) atoms. The molecule has 7 heterocycles. The minimum Gasteiger partial charge on any atom is -0.458 e. The first-order chi connectivity index (χ1) is 21.5. The number of ether oxygens (including phenoxy) is 2. The zero-order valence-electron chi connectivity index (χ0n) is 25.2. The number of benzene rings is 3. The van der Waals surface area contributed by atoms with Crippen molar-refractivity contribution in [3.05, 3.63) is 148 Å². The minimum absolute atomic E-state index is 0.00688. The van der Waals surface area contributed by atoms with Gasteiger partial charge in [-0.3, -0.25) is 0 Å². The van der Waals surface area contributed by atoms with Crippen LogP contribution in [0, 0.1) is 0 Å². The van der Waals surface area contributed by atoms with Gasteiger partial charge in [0, 0.05) is 28.0 Å². The molecule has 0 saturated carbocycles. The normalized spacial score (nSPS) is 20.2. The Morgan fingerprint density at radius 1 is 0.614 bits per heavy atom. The quantitative estimate of drug-likeness (QED) is 0.304. The highest BCUT2D eigenvalue weighted by molar-refractivity contribution is 6.90. The van der Waals surface area contributed by atoms with Gasteiger partial charge >= 0.3 is 13.7 Å². The average molecular weight is 566 g/mol. The molecule has 7 aliphatic rings. The third kappa shape index (κ3) is 2.47. The maximum Gasteiger partial charge on any atom is 0.336 e. The maximum absolute atomic E-state index is 6.64. The van der Waals surface area contributed by atoms with Crippen molar-refractivity contribution in [1.82, 2.24) is 4.81 Å². The van der Waals surface area contributed by atoms with Crippen LogP contribution in [0.3, 0.4) is 0 Å². The lowest BCUT2D eigenvalue weighted by atomic mass is 9.33. The summed E-state index contributed by atoms with van der Waals surface area (Å²) in [6, 6.07) is 19.4. The first kappa shape index (κ1) is 24.4. The number of rotatable bonds is 2. The summed E-state index contributed by atoms with van der Waals surface area (Å²) in [7, 11) is 0. The summed E-state index contributed by atoms with van der Waals surface area (Å²) < 4.78 is 13.3. The molecule has 10 rings (SSSR count). The number of fused-ring (bicyclic) bond motifs is 2. The van der Waals surface area contributed by atoms with Gasteiger partial charge in [0.15, 0.2) is 5.75 Å². The third-order valence-corrected chi connectivity index (χ3v) is 10.8. The second kappa shape index (κ2) is 7.89. The van der Waals surface area contributed by atoms with E-state index in [0.29, 0.717) is 0 Å². The fourth-order valence-electron chi connectivity index (χ4n) is 9.01. The van der Waals surface area contributed by atoms with Gasteiger partial charge in [0.25, 0.3) is 0 Å². The van der Waals surface area contributed by atoms with Gasteiger partial charge in [0.05, 0.1) is 11.4 Å². The molecule has 0 aromatic heterocycles. The molecule has 0 aliphatic carbocycles. The Balaban J connectivity index is 1.47. The van der Waals surface area contributed by atoms with Crippen molar-refractivity contribution in [1.29, 1.82) is 0 Å². The molecule has 208 valence electrons. The lowest BCUT2D eigenvalue weighted by Crippen LogP contribution is -2.67. The van der Waals surface area contributed by atoms with Crippen LogP contribution >= 0.6 is 0 Å². The Morgan fingerprint density at radius 2 is 1.27 bits per heavy atom. The Labute approximate surface area is 258 Å². The van der Waals surface area contributed by atoms with Gasteiger partial charge in [-0.1, -0.05) is 61.7 Å². The van der Waals surface area contributed by atoms with Gasteiger partial charge in [0.1, 0.15) is 17.3 Å². The largest absolute Gasteiger partial charge is 0.458 e. The van der Waals surface area contributed by atoms with Gasteiger partial charge in [0.2, 0.25) is 0 Å². The summed E-state index contributed by atoms with van der Waals surface area (Å²) in [5.74, 6) is 3.65. The molecule has 4 nitrogen and oxygen atoms in total. The molecule has 0 amide bonds. The molecule has 0 atom stereocenters. The molecule has 3 aromatic rings. The molecule has 3 aromatic carbocycles. The van der Waals surface area contributed by atoms with Crippen LogP contribution in [0.15, 0.2) is 131 Å². The molecule has 1 fully saturated rings. The van der Waals surface area contributed by atoms with E-state index in [9.17, 15) is 0 Å². The van der Waals surface area contributed by atoms with Gasteiger partial charge in [-0.05, 0) is 102 Å². The monoisotopic (exact) mass is 566 g/mol. The van der Waals surface area contributed by atoms with Crippen molar-refractivity contribution in [2.45, 2.75) is 27.7 Å². The van der Waals surface area contributed by atoms with Gasteiger partial charge in [-0.15, -0.1) is 0 Å². The molecule has 0 radical (unpaired) electrons. The molecule has 6 heteroatoms. The fraction of sp³-hybridized carbons (Fsp3) is 0.105. The number of anilines is 1. The van der Waals surface area contributed by atoms with E-state index < -0.39 is 0 Å². The molecule has 0 unspecified atom stereocenters. The van der Waals surface area contributed by atoms with E-state index in [-0.39, 0.29) is 13.7 Å². The predicted octanol–water partition coefficient (Wildman–Crippen LogP) is 7.30. The zero-order valence-corrected chi connectivity index (χ0v) is 25.2. The first-order valence-electron chi connectivity index (χ1n) is 15.4. The van der Waals surface area contributed by atoms with Crippen molar-refractivity contribution >= 4 is 47.0 Å². The summed E-state index contributed by atoms with van der Waals surface area (Å²) in [6.07, 6.45) is 6.22. The number of hydrogen-bond acceptors (Lipinski definition) is 4. The van der Waals surface area contributed by atoms with E-state index in [4.69, 9.17) is 9.47 Å². The van der Waals surface area contributed by atoms with Crippen molar-refractivity contribution in [3.8, 4) is 17.2 Å². The molecule has 0 spiro atoms. The van der Waals surface area contributed by atoms with E-state index in [1.54, 1.807) is 0 Å². The average Bonchev–Trinajstić information content (AvgIpc) is 3.05. The van der Waals surface area contributed by atoms with E-state index in [0.717, 1.165) is 45.5 Å². The first-order valence-corrected chi connectivity index (χ1v) is 15.4. The molecular formula is C38H28B2N2O2. The summed E-state index contributed by atoms with van der Waals surface area (Å²) >= 11 is 0. The lowest BCUT2D eigenvalue weighted by molar-refractivity contribution is 0.422. The maximum atomic E-state index is 6.64. The van der Waals surface area contributed by atoms with Crippen LogP contribution in [-0.4, -0.2) is 18.5 Å². The number of allylic oxidation sites excluding steroid dienone is 10. The van der Waals surface area contributed by atoms with Crippen LogP contribution in [-0.2, 0) is 0 Å². The van der Waals surface area contributed by atoms with E-state index >= 15 is 0 Å². The molecule has 1 saturated heterocycles. The number of nitrogens with zero attached hydrogens (tertiary/aromatic N) is 2. The van der Waals surface area contributed by atoms with Crippen LogP contribution in [0.2, 0.25) is 0 Å². The van der Waals surface area contributed by atoms with Crippen LogP contribution in [0.25, 0.3) is 16.7 Å². The van der Waals surface area contributed by atoms with Gasteiger partial charge in [-0.2, -0.15) is 0 Å². The van der Waals surface area contributed by atoms with Crippen molar-refractivity contribution < 1.29 is 9.47 Å². The fourth-order valence-corrected chi connectivity index (χ4v) is 9.01. The predicted molar refractivity (Wildman–Crippen MR) is 181 cm³/mol. The Morgan fingerprint density at radius 3 is 1.98 bits per heavy atom. The van der Waals surface area contributed by atoms with Crippen LogP contribution < -0.4 is 25.2 Å². The summed E-state index contributed by atoms with van der Waals surface area (Å²) in [4.78, 5) is 5.20. The van der Waals surface area contributed by atoms with Gasteiger partial charge < -0.3 is 19.1 Å². The minimum atomic E-state index is -0.0466. The van der Waals surface area contributed by atoms with Crippen LogP contribution in [0.1, 0.15) is 44.4 Å². The second-order valence-electron chi connectivity index (χ2n) is 12.5. The van der Waals surface area contributed by atoms with Crippen LogP contribution in [0.5, 0.6) is 17.2 Å². The van der Waals surface area contributed by atoms with Crippen molar-refractivity contribution in [2.24, 2.45) is 0 Å². The van der Waals surface area contributed by atoms with Crippen molar-refractivity contribution in [2.75, 3.05) is 4.81 Å². The number of hydrogen-bond donors (Lipinski definition) is 0. The lowest BCUT2D eigenvalue weighted by Gasteiger charge is -2.57. The highest BCUT2D eigenvalue weighted by Gasteiger charge is 2.59. The SMILES string of the molecule is C=CC1=C2C3=C(C)C(C)=C4/C(=C\C)Oc5cccc6c5N4B3C(=C6C=C)C3=C(C)c4cccc5c4B(c4c(cccc41)O5)N32. The van der Waals surface area contributed by atoms with E-state index in [1.807, 2.05) is 0 Å². The summed E-state index contributed by atoms with van der Waals surface area (Å²) in [5, 5.41) is 0. The van der Waals surface area contributed by atoms with Crippen LogP contribution in [0.4, 0.5) is 5.69 Å². The molecule has 7 aliphatic heterocycles. The Hall–Kier alpha value is -5.09. The topological polar surface area (TPSA) is 24.9 Å². The number of para-hydroxylation sites is 1. The highest BCUT2D eigenvalue weighted by atomic mass is 16.5. The highest BCUT2D eigenvalue weighted by Crippen LogP contribution is 2.60. The molecular weight excluding hydrogens is 538 g/mol. The summed E-state index contributed by atoms with van der Waals surface area (Å²) in [5.41, 5.74) is 19.6. The Kier molecular flexibility index (Phi) is 4.37. The summed E-state index contributed by atoms with van der Waals surface area (Å²) in [6.45, 7) is 17.7. The molecule has 0 N–H and O–H groups in total. The second-order valence-corrected chi connectivity index (χ2v) is 12.5. The molecule has 0 bridgehead atoms. The van der Waals surface area contributed by atoms with E-state index in [2.05, 4.69) is 123 Å². The van der Waals surface area contributed by atoms with Crippen molar-refractivity contribution in [3.63, 3.8) is 0 Å². The van der Waals surface area contributed by atoms with Gasteiger partial charge in [-0.25, -0.2) is 0 Å². The zero-order chi connectivity index (χ0) is 29.8. The van der Waals surface area contributed by atoms with E-state index in [1.165, 1.54) is 66.7 Å². The third-order valence-electron chi connectivity index (χ3n) is 10.8.